The van der Waals surface area contributed by atoms with Gasteiger partial charge in [0.25, 0.3) is 0 Å². The molecule has 0 radical (unpaired) electrons. The number of hydrogen-bond donors (Lipinski definition) is 2. The fraction of sp³-hybridized carbons (Fsp3) is 0.280. The van der Waals surface area contributed by atoms with Gasteiger partial charge in [-0.2, -0.15) is 0 Å². The van der Waals surface area contributed by atoms with Gasteiger partial charge < -0.3 is 15.3 Å². The fourth-order valence-electron chi connectivity index (χ4n) is 4.66. The van der Waals surface area contributed by atoms with Crippen LogP contribution in [0.5, 0.6) is 0 Å². The summed E-state index contributed by atoms with van der Waals surface area (Å²) in [4.78, 5) is 2.17. The van der Waals surface area contributed by atoms with Gasteiger partial charge in [0.1, 0.15) is 6.23 Å². The van der Waals surface area contributed by atoms with Crippen molar-refractivity contribution in [3.05, 3.63) is 77.9 Å². The molecular weight excluding hydrogens is 344 g/mol. The van der Waals surface area contributed by atoms with Crippen LogP contribution < -0.4 is 10.2 Å². The van der Waals surface area contributed by atoms with E-state index in [0.717, 1.165) is 43.6 Å². The molecule has 3 heteroatoms. The Kier molecular flexibility index (Phi) is 4.63. The molecule has 2 N–H and O–H groups in total. The summed E-state index contributed by atoms with van der Waals surface area (Å²) in [6, 6.07) is 21.3. The zero-order valence-corrected chi connectivity index (χ0v) is 16.0. The van der Waals surface area contributed by atoms with Crippen molar-refractivity contribution in [1.29, 1.82) is 0 Å². The molecule has 2 atom stereocenters. The maximum absolute atomic E-state index is 11.5. The Morgan fingerprint density at radius 3 is 2.68 bits per heavy atom. The maximum atomic E-state index is 11.5. The van der Waals surface area contributed by atoms with Crippen molar-refractivity contribution in [2.24, 2.45) is 0 Å². The van der Waals surface area contributed by atoms with E-state index in [0.29, 0.717) is 0 Å². The smallest absolute Gasteiger partial charge is 0.146 e. The highest BCUT2D eigenvalue weighted by Crippen LogP contribution is 2.39. The van der Waals surface area contributed by atoms with Gasteiger partial charge >= 0.3 is 0 Å². The molecule has 0 aromatic heterocycles. The zero-order chi connectivity index (χ0) is 18.9. The van der Waals surface area contributed by atoms with E-state index < -0.39 is 6.23 Å². The van der Waals surface area contributed by atoms with Gasteiger partial charge in [0.05, 0.1) is 11.7 Å². The van der Waals surface area contributed by atoms with E-state index in [1.807, 2.05) is 0 Å². The fourth-order valence-corrected chi connectivity index (χ4v) is 4.66. The van der Waals surface area contributed by atoms with Crippen LogP contribution in [0.25, 0.3) is 16.8 Å². The van der Waals surface area contributed by atoms with E-state index in [1.54, 1.807) is 0 Å². The third kappa shape index (κ3) is 3.01. The Hall–Kier alpha value is -2.62. The lowest BCUT2D eigenvalue weighted by Crippen LogP contribution is -2.46. The SMILES string of the molecule is OC([C@@H]1CCCN1)N(c1cccc2c1CCC=C2)c1cccc2ccccc12. The van der Waals surface area contributed by atoms with Gasteiger partial charge in [-0.1, -0.05) is 60.7 Å². The van der Waals surface area contributed by atoms with Crippen molar-refractivity contribution in [2.45, 2.75) is 38.0 Å². The van der Waals surface area contributed by atoms with Crippen LogP contribution in [0.15, 0.2) is 66.7 Å². The zero-order valence-electron chi connectivity index (χ0n) is 16.0. The molecular formula is C25H26N2O. The molecule has 1 unspecified atom stereocenters. The normalized spacial score (nSPS) is 19.5. The second-order valence-electron chi connectivity index (χ2n) is 7.77. The van der Waals surface area contributed by atoms with Crippen LogP contribution in [-0.4, -0.2) is 23.9 Å². The number of rotatable bonds is 4. The molecule has 3 nitrogen and oxygen atoms in total. The summed E-state index contributed by atoms with van der Waals surface area (Å²) in [5.74, 6) is 0. The quantitative estimate of drug-likeness (QED) is 0.634. The number of nitrogens with zero attached hydrogens (tertiary/aromatic N) is 1. The molecule has 5 rings (SSSR count). The number of anilines is 2. The van der Waals surface area contributed by atoms with E-state index in [-0.39, 0.29) is 6.04 Å². The van der Waals surface area contributed by atoms with E-state index in [4.69, 9.17) is 0 Å². The van der Waals surface area contributed by atoms with Crippen LogP contribution in [0.2, 0.25) is 0 Å². The number of allylic oxidation sites excluding steroid dienone is 1. The first-order chi connectivity index (χ1) is 13.8. The van der Waals surface area contributed by atoms with E-state index in [1.165, 1.54) is 21.9 Å². The predicted molar refractivity (Wildman–Crippen MR) is 117 cm³/mol. The summed E-state index contributed by atoms with van der Waals surface area (Å²) >= 11 is 0. The lowest BCUT2D eigenvalue weighted by atomic mass is 9.94. The number of hydrogen-bond acceptors (Lipinski definition) is 3. The molecule has 1 aliphatic heterocycles. The summed E-state index contributed by atoms with van der Waals surface area (Å²) < 4.78 is 0. The highest BCUT2D eigenvalue weighted by Gasteiger charge is 2.31. The minimum Gasteiger partial charge on any atom is -0.372 e. The first-order valence-electron chi connectivity index (χ1n) is 10.3. The molecule has 3 aromatic carbocycles. The van der Waals surface area contributed by atoms with Crippen LogP contribution in [0.3, 0.4) is 0 Å². The molecule has 1 heterocycles. The molecule has 1 aliphatic carbocycles. The Morgan fingerprint density at radius 1 is 0.964 bits per heavy atom. The summed E-state index contributed by atoms with van der Waals surface area (Å²) in [5, 5.41) is 17.4. The van der Waals surface area contributed by atoms with Crippen LogP contribution >= 0.6 is 0 Å². The first kappa shape index (κ1) is 17.5. The molecule has 0 bridgehead atoms. The number of aliphatic hydroxyl groups excluding tert-OH is 1. The van der Waals surface area contributed by atoms with Crippen LogP contribution in [-0.2, 0) is 6.42 Å². The number of benzene rings is 3. The van der Waals surface area contributed by atoms with Gasteiger partial charge in [-0.05, 0) is 60.9 Å². The Balaban J connectivity index is 1.71. The number of nitrogens with one attached hydrogen (secondary N) is 1. The molecule has 3 aromatic rings. The van der Waals surface area contributed by atoms with Crippen LogP contribution in [0.1, 0.15) is 30.4 Å². The van der Waals surface area contributed by atoms with Crippen molar-refractivity contribution in [1.82, 2.24) is 5.32 Å². The Labute approximate surface area is 166 Å². The second-order valence-corrected chi connectivity index (χ2v) is 7.77. The number of aliphatic hydroxyl groups is 1. The molecule has 1 saturated heterocycles. The second kappa shape index (κ2) is 7.42. The van der Waals surface area contributed by atoms with Crippen molar-refractivity contribution >= 4 is 28.2 Å². The van der Waals surface area contributed by atoms with Gasteiger partial charge in [-0.15, -0.1) is 0 Å². The molecule has 0 spiro atoms. The van der Waals surface area contributed by atoms with Gasteiger partial charge in [0.2, 0.25) is 0 Å². The third-order valence-electron chi connectivity index (χ3n) is 6.05. The minimum absolute atomic E-state index is 0.0777. The van der Waals surface area contributed by atoms with Crippen LogP contribution in [0.4, 0.5) is 11.4 Å². The van der Waals surface area contributed by atoms with Crippen molar-refractivity contribution in [3.8, 4) is 0 Å². The summed E-state index contributed by atoms with van der Waals surface area (Å²) in [6.07, 6.45) is 8.01. The van der Waals surface area contributed by atoms with E-state index >= 15 is 0 Å². The topological polar surface area (TPSA) is 35.5 Å². The van der Waals surface area contributed by atoms with Crippen LogP contribution in [0, 0.1) is 0 Å². The molecule has 28 heavy (non-hydrogen) atoms. The number of fused-ring (bicyclic) bond motifs is 2. The average molecular weight is 370 g/mol. The molecule has 1 fully saturated rings. The third-order valence-corrected chi connectivity index (χ3v) is 6.05. The largest absolute Gasteiger partial charge is 0.372 e. The van der Waals surface area contributed by atoms with Gasteiger partial charge in [0, 0.05) is 11.1 Å². The Bertz CT molecular complexity index is 1010. The van der Waals surface area contributed by atoms with Gasteiger partial charge in [-0.3, -0.25) is 0 Å². The summed E-state index contributed by atoms with van der Waals surface area (Å²) in [5.41, 5.74) is 4.79. The highest BCUT2D eigenvalue weighted by molar-refractivity contribution is 5.96. The highest BCUT2D eigenvalue weighted by atomic mass is 16.3. The molecule has 0 saturated carbocycles. The standard InChI is InChI=1S/C25H26N2O/c28-25(22-14-7-17-26-22)27(23-15-5-10-18-8-1-3-12-20(18)23)24-16-6-11-19-9-2-4-13-21(19)24/h1-3,5-6,8-12,15-16,22,25-26,28H,4,7,13-14,17H2/t22-,25?/m0/s1. The summed E-state index contributed by atoms with van der Waals surface area (Å²) in [7, 11) is 0. The molecule has 142 valence electrons. The molecule has 0 amide bonds. The van der Waals surface area contributed by atoms with E-state index in [2.05, 4.69) is 83.0 Å². The average Bonchev–Trinajstić information content (AvgIpc) is 3.29. The monoisotopic (exact) mass is 370 g/mol. The van der Waals surface area contributed by atoms with E-state index in [9.17, 15) is 5.11 Å². The van der Waals surface area contributed by atoms with Crippen molar-refractivity contribution < 1.29 is 5.11 Å². The van der Waals surface area contributed by atoms with Crippen molar-refractivity contribution in [3.63, 3.8) is 0 Å². The van der Waals surface area contributed by atoms with Crippen molar-refractivity contribution in [2.75, 3.05) is 11.4 Å². The van der Waals surface area contributed by atoms with Gasteiger partial charge in [0.15, 0.2) is 0 Å². The summed E-state index contributed by atoms with van der Waals surface area (Å²) in [6.45, 7) is 0.973. The predicted octanol–water partition coefficient (Wildman–Crippen LogP) is 5.01. The maximum Gasteiger partial charge on any atom is 0.146 e. The Morgan fingerprint density at radius 2 is 1.79 bits per heavy atom. The first-order valence-corrected chi connectivity index (χ1v) is 10.3. The van der Waals surface area contributed by atoms with Gasteiger partial charge in [-0.25, -0.2) is 0 Å². The molecule has 2 aliphatic rings. The minimum atomic E-state index is -0.606. The lowest BCUT2D eigenvalue weighted by Gasteiger charge is -2.36. The lowest BCUT2D eigenvalue weighted by molar-refractivity contribution is 0.142.